The molecule has 1 heteroatoms. The van der Waals surface area contributed by atoms with Crippen molar-refractivity contribution in [3.8, 4) is 0 Å². The van der Waals surface area contributed by atoms with Crippen LogP contribution < -0.4 is 0 Å². The summed E-state index contributed by atoms with van der Waals surface area (Å²) in [7, 11) is 0. The van der Waals surface area contributed by atoms with Crippen molar-refractivity contribution in [2.45, 2.75) is 72.3 Å². The van der Waals surface area contributed by atoms with E-state index in [-0.39, 0.29) is 0 Å². The fraction of sp³-hybridized carbons (Fsp3) is 0.882. The van der Waals surface area contributed by atoms with E-state index in [0.717, 1.165) is 17.6 Å². The molecular weight excluding hydrogens is 220 g/mol. The lowest BCUT2D eigenvalue weighted by Gasteiger charge is -2.59. The molecule has 0 aromatic heterocycles. The summed E-state index contributed by atoms with van der Waals surface area (Å²) >= 11 is 0. The average Bonchev–Trinajstić information content (AvgIpc) is 2.27. The lowest BCUT2D eigenvalue weighted by atomic mass is 9.47. The topological polar surface area (TPSA) is 9.23 Å². The third-order valence-corrected chi connectivity index (χ3v) is 6.31. The summed E-state index contributed by atoms with van der Waals surface area (Å²) in [6.45, 7) is 9.68. The Kier molecular flexibility index (Phi) is 2.80. The van der Waals surface area contributed by atoms with Gasteiger partial charge in [0.05, 0.1) is 5.76 Å². The second-order valence-corrected chi connectivity index (χ2v) is 7.79. The van der Waals surface area contributed by atoms with Gasteiger partial charge in [0, 0.05) is 5.92 Å². The van der Waals surface area contributed by atoms with Crippen LogP contribution in [0.3, 0.4) is 0 Å². The first kappa shape index (κ1) is 12.6. The Morgan fingerprint density at radius 3 is 2.72 bits per heavy atom. The van der Waals surface area contributed by atoms with E-state index in [4.69, 9.17) is 4.74 Å². The highest BCUT2D eigenvalue weighted by molar-refractivity contribution is 5.09. The maximum Gasteiger partial charge on any atom is 0.102 e. The largest absolute Gasteiger partial charge is 0.495 e. The molecule has 18 heavy (non-hydrogen) atoms. The zero-order chi connectivity index (χ0) is 13.0. The van der Waals surface area contributed by atoms with Crippen LogP contribution in [-0.2, 0) is 4.74 Å². The van der Waals surface area contributed by atoms with E-state index in [1.807, 2.05) is 0 Å². The molecule has 3 aliphatic rings. The highest BCUT2D eigenvalue weighted by atomic mass is 16.5. The van der Waals surface area contributed by atoms with Crippen molar-refractivity contribution >= 4 is 0 Å². The minimum absolute atomic E-state index is 0.505. The van der Waals surface area contributed by atoms with Crippen molar-refractivity contribution in [3.05, 3.63) is 11.8 Å². The van der Waals surface area contributed by atoms with Crippen LogP contribution in [0.15, 0.2) is 11.8 Å². The smallest absolute Gasteiger partial charge is 0.102 e. The minimum Gasteiger partial charge on any atom is -0.495 e. The molecule has 3 rings (SSSR count). The van der Waals surface area contributed by atoms with Crippen LogP contribution in [-0.4, -0.2) is 6.10 Å². The molecule has 2 fully saturated rings. The molecule has 0 aromatic rings. The van der Waals surface area contributed by atoms with Crippen LogP contribution in [0.25, 0.3) is 0 Å². The standard InChI is InChI=1S/C17H28O/c1-12-6-7-13-14(18-12)8-9-15-16(2,3)10-5-11-17(13,15)4/h6,13-15H,5,7-11H2,1-4H3/t13?,14?,15?,17-/m1/s1. The van der Waals surface area contributed by atoms with Gasteiger partial charge in [-0.1, -0.05) is 27.2 Å². The highest BCUT2D eigenvalue weighted by Crippen LogP contribution is 2.61. The zero-order valence-corrected chi connectivity index (χ0v) is 12.5. The average molecular weight is 248 g/mol. The normalized spacial score (nSPS) is 46.4. The summed E-state index contributed by atoms with van der Waals surface area (Å²) in [4.78, 5) is 0. The Bertz CT molecular complexity index is 368. The lowest BCUT2D eigenvalue weighted by molar-refractivity contribution is -0.135. The van der Waals surface area contributed by atoms with Gasteiger partial charge in [-0.05, 0) is 61.9 Å². The molecular formula is C17H28O. The van der Waals surface area contributed by atoms with Gasteiger partial charge in [0.25, 0.3) is 0 Å². The van der Waals surface area contributed by atoms with E-state index in [0.29, 0.717) is 16.9 Å². The number of ether oxygens (including phenoxy) is 1. The Balaban J connectivity index is 1.93. The fourth-order valence-corrected chi connectivity index (χ4v) is 5.43. The van der Waals surface area contributed by atoms with Crippen molar-refractivity contribution in [2.24, 2.45) is 22.7 Å². The van der Waals surface area contributed by atoms with E-state index >= 15 is 0 Å². The van der Waals surface area contributed by atoms with E-state index in [9.17, 15) is 0 Å². The summed E-state index contributed by atoms with van der Waals surface area (Å²) in [5, 5.41) is 0. The molecule has 0 amide bonds. The molecule has 2 saturated carbocycles. The lowest BCUT2D eigenvalue weighted by Crippen LogP contribution is -2.54. The van der Waals surface area contributed by atoms with Crippen LogP contribution in [0.4, 0.5) is 0 Å². The third kappa shape index (κ3) is 1.73. The summed E-state index contributed by atoms with van der Waals surface area (Å²) in [6.07, 6.45) is 11.0. The van der Waals surface area contributed by atoms with Gasteiger partial charge in [0.15, 0.2) is 0 Å². The van der Waals surface area contributed by atoms with Crippen LogP contribution in [0.5, 0.6) is 0 Å². The van der Waals surface area contributed by atoms with E-state index in [1.165, 1.54) is 38.5 Å². The van der Waals surface area contributed by atoms with E-state index in [1.54, 1.807) is 0 Å². The van der Waals surface area contributed by atoms with Gasteiger partial charge in [0.1, 0.15) is 6.10 Å². The predicted molar refractivity (Wildman–Crippen MR) is 75.2 cm³/mol. The molecule has 1 heterocycles. The molecule has 3 unspecified atom stereocenters. The maximum atomic E-state index is 6.13. The van der Waals surface area contributed by atoms with E-state index in [2.05, 4.69) is 33.8 Å². The second-order valence-electron chi connectivity index (χ2n) is 7.79. The van der Waals surface area contributed by atoms with Crippen LogP contribution in [0, 0.1) is 22.7 Å². The van der Waals surface area contributed by atoms with Gasteiger partial charge in [-0.15, -0.1) is 0 Å². The molecule has 0 radical (unpaired) electrons. The molecule has 0 N–H and O–H groups in total. The minimum atomic E-state index is 0.505. The molecule has 0 spiro atoms. The summed E-state index contributed by atoms with van der Waals surface area (Å²) in [5.41, 5.74) is 1.05. The quantitative estimate of drug-likeness (QED) is 0.591. The molecule has 1 aliphatic heterocycles. The maximum absolute atomic E-state index is 6.13. The monoisotopic (exact) mass is 248 g/mol. The Morgan fingerprint density at radius 2 is 1.94 bits per heavy atom. The van der Waals surface area contributed by atoms with Gasteiger partial charge in [-0.3, -0.25) is 0 Å². The molecule has 1 nitrogen and oxygen atoms in total. The fourth-order valence-electron chi connectivity index (χ4n) is 5.43. The zero-order valence-electron chi connectivity index (χ0n) is 12.5. The Morgan fingerprint density at radius 1 is 1.17 bits per heavy atom. The third-order valence-electron chi connectivity index (χ3n) is 6.31. The first-order valence-corrected chi connectivity index (χ1v) is 7.77. The molecule has 0 bridgehead atoms. The van der Waals surface area contributed by atoms with Crippen molar-refractivity contribution in [3.63, 3.8) is 0 Å². The molecule has 4 atom stereocenters. The second kappa shape index (κ2) is 4.02. The van der Waals surface area contributed by atoms with Crippen LogP contribution in [0.2, 0.25) is 0 Å². The van der Waals surface area contributed by atoms with Gasteiger partial charge in [-0.2, -0.15) is 0 Å². The predicted octanol–water partition coefficient (Wildman–Crippen LogP) is 4.92. The van der Waals surface area contributed by atoms with Crippen molar-refractivity contribution in [2.75, 3.05) is 0 Å². The number of allylic oxidation sites excluding steroid dienone is 2. The number of rotatable bonds is 0. The molecule has 0 aromatic carbocycles. The van der Waals surface area contributed by atoms with Gasteiger partial charge >= 0.3 is 0 Å². The first-order valence-electron chi connectivity index (χ1n) is 7.77. The van der Waals surface area contributed by atoms with Gasteiger partial charge in [0.2, 0.25) is 0 Å². The summed E-state index contributed by atoms with van der Waals surface area (Å²) in [6, 6.07) is 0. The van der Waals surface area contributed by atoms with E-state index < -0.39 is 0 Å². The van der Waals surface area contributed by atoms with Crippen molar-refractivity contribution < 1.29 is 4.74 Å². The number of hydrogen-bond acceptors (Lipinski definition) is 1. The Hall–Kier alpha value is -0.460. The van der Waals surface area contributed by atoms with Gasteiger partial charge < -0.3 is 4.74 Å². The van der Waals surface area contributed by atoms with Crippen LogP contribution in [0.1, 0.15) is 66.2 Å². The summed E-state index contributed by atoms with van der Waals surface area (Å²) < 4.78 is 6.13. The summed E-state index contributed by atoms with van der Waals surface area (Å²) in [5.74, 6) is 2.82. The molecule has 2 aliphatic carbocycles. The van der Waals surface area contributed by atoms with Gasteiger partial charge in [-0.25, -0.2) is 0 Å². The number of hydrogen-bond donors (Lipinski definition) is 0. The Labute approximate surface area is 112 Å². The van der Waals surface area contributed by atoms with Crippen molar-refractivity contribution in [1.82, 2.24) is 0 Å². The SMILES string of the molecule is CC1=CCC2C(CCC3C(C)(C)CCC[C@]23C)O1. The van der Waals surface area contributed by atoms with Crippen LogP contribution >= 0.6 is 0 Å². The number of fused-ring (bicyclic) bond motifs is 3. The first-order chi connectivity index (χ1) is 8.43. The molecule has 0 saturated heterocycles. The highest BCUT2D eigenvalue weighted by Gasteiger charge is 2.55. The van der Waals surface area contributed by atoms with Crippen molar-refractivity contribution in [1.29, 1.82) is 0 Å². The molecule has 102 valence electrons.